The van der Waals surface area contributed by atoms with Gasteiger partial charge in [-0.15, -0.1) is 0 Å². The standard InChI is InChI=1S/C18H29N3O5S/c1-13-10-15(16(25-3)20-12-13)27(22,23)17-14(19)11-18(26-17)4-6-21(7-5-18)8-9-24-2/h10,12,14,17H,4-9,11,19H2,1-3H3. The molecule has 1 aromatic heterocycles. The van der Waals surface area contributed by atoms with Crippen LogP contribution in [0.2, 0.25) is 0 Å². The van der Waals surface area contributed by atoms with Crippen molar-refractivity contribution in [3.63, 3.8) is 0 Å². The first kappa shape index (κ1) is 20.5. The number of aromatic nitrogens is 1. The van der Waals surface area contributed by atoms with Crippen LogP contribution in [0.4, 0.5) is 0 Å². The second kappa shape index (κ2) is 8.00. The molecule has 2 unspecified atom stereocenters. The number of methoxy groups -OCH3 is 2. The van der Waals surface area contributed by atoms with Gasteiger partial charge in [0.15, 0.2) is 5.44 Å². The van der Waals surface area contributed by atoms with E-state index in [1.165, 1.54) is 7.11 Å². The lowest BCUT2D eigenvalue weighted by molar-refractivity contribution is -0.0575. The average Bonchev–Trinajstić information content (AvgIpc) is 2.98. The summed E-state index contributed by atoms with van der Waals surface area (Å²) in [5.74, 6) is 0.0757. The van der Waals surface area contributed by atoms with E-state index in [0.717, 1.165) is 38.0 Å². The van der Waals surface area contributed by atoms with E-state index in [1.807, 2.05) is 0 Å². The van der Waals surface area contributed by atoms with Crippen LogP contribution in [0.25, 0.3) is 0 Å². The Kier molecular flexibility index (Phi) is 6.07. The molecule has 1 aromatic rings. The van der Waals surface area contributed by atoms with Gasteiger partial charge in [0.2, 0.25) is 15.7 Å². The van der Waals surface area contributed by atoms with Gasteiger partial charge in [-0.3, -0.25) is 0 Å². The van der Waals surface area contributed by atoms with Crippen LogP contribution in [0.3, 0.4) is 0 Å². The third-order valence-corrected chi connectivity index (χ3v) is 7.43. The predicted molar refractivity (Wildman–Crippen MR) is 100 cm³/mol. The number of ether oxygens (including phenoxy) is 3. The smallest absolute Gasteiger partial charge is 0.232 e. The van der Waals surface area contributed by atoms with Gasteiger partial charge in [0.1, 0.15) is 4.90 Å². The molecule has 27 heavy (non-hydrogen) atoms. The third kappa shape index (κ3) is 4.12. The van der Waals surface area contributed by atoms with Crippen molar-refractivity contribution >= 4 is 9.84 Å². The molecule has 2 saturated heterocycles. The van der Waals surface area contributed by atoms with E-state index >= 15 is 0 Å². The summed E-state index contributed by atoms with van der Waals surface area (Å²) in [6.45, 7) is 5.03. The van der Waals surface area contributed by atoms with Crippen LogP contribution in [-0.2, 0) is 19.3 Å². The largest absolute Gasteiger partial charge is 0.480 e. The first-order valence-corrected chi connectivity index (χ1v) is 10.8. The van der Waals surface area contributed by atoms with Crippen LogP contribution in [0.1, 0.15) is 24.8 Å². The van der Waals surface area contributed by atoms with E-state index in [2.05, 4.69) is 9.88 Å². The van der Waals surface area contributed by atoms with Gasteiger partial charge in [-0.1, -0.05) is 0 Å². The van der Waals surface area contributed by atoms with Crippen LogP contribution >= 0.6 is 0 Å². The fraction of sp³-hybridized carbons (Fsp3) is 0.722. The molecule has 0 aliphatic carbocycles. The number of rotatable bonds is 6. The molecular formula is C18H29N3O5S. The highest BCUT2D eigenvalue weighted by molar-refractivity contribution is 7.92. The molecule has 9 heteroatoms. The number of pyridine rings is 1. The maximum Gasteiger partial charge on any atom is 0.232 e. The lowest BCUT2D eigenvalue weighted by atomic mass is 9.87. The molecule has 0 amide bonds. The molecule has 0 saturated carbocycles. The Labute approximate surface area is 160 Å². The quantitative estimate of drug-likeness (QED) is 0.746. The first-order chi connectivity index (χ1) is 12.8. The topological polar surface area (TPSA) is 104 Å². The number of nitrogens with zero attached hydrogens (tertiary/aromatic N) is 2. The number of likely N-dealkylation sites (tertiary alicyclic amines) is 1. The Morgan fingerprint density at radius 3 is 2.70 bits per heavy atom. The molecule has 3 rings (SSSR count). The van der Waals surface area contributed by atoms with E-state index in [1.54, 1.807) is 26.3 Å². The van der Waals surface area contributed by atoms with Crippen molar-refractivity contribution in [2.75, 3.05) is 40.5 Å². The molecular weight excluding hydrogens is 370 g/mol. The number of piperidine rings is 1. The summed E-state index contributed by atoms with van der Waals surface area (Å²) >= 11 is 0. The highest BCUT2D eigenvalue weighted by Crippen LogP contribution is 2.42. The van der Waals surface area contributed by atoms with Gasteiger partial charge < -0.3 is 24.8 Å². The number of aryl methyl sites for hydroxylation is 1. The summed E-state index contributed by atoms with van der Waals surface area (Å²) < 4.78 is 43.0. The Balaban J connectivity index is 1.78. The maximum absolute atomic E-state index is 13.3. The summed E-state index contributed by atoms with van der Waals surface area (Å²) in [4.78, 5) is 6.43. The molecule has 3 heterocycles. The Hall–Kier alpha value is -1.26. The lowest BCUT2D eigenvalue weighted by Gasteiger charge is -2.38. The molecule has 0 aromatic carbocycles. The van der Waals surface area contributed by atoms with Crippen molar-refractivity contribution in [1.82, 2.24) is 9.88 Å². The van der Waals surface area contributed by atoms with E-state index in [0.29, 0.717) is 13.0 Å². The van der Waals surface area contributed by atoms with Gasteiger partial charge in [-0.25, -0.2) is 13.4 Å². The van der Waals surface area contributed by atoms with Gasteiger partial charge in [-0.2, -0.15) is 0 Å². The van der Waals surface area contributed by atoms with Crippen LogP contribution in [-0.4, -0.2) is 75.8 Å². The van der Waals surface area contributed by atoms with E-state index in [4.69, 9.17) is 19.9 Å². The number of sulfone groups is 1. The average molecular weight is 400 g/mol. The fourth-order valence-electron chi connectivity index (χ4n) is 3.94. The molecule has 2 atom stereocenters. The molecule has 2 N–H and O–H groups in total. The summed E-state index contributed by atoms with van der Waals surface area (Å²) in [7, 11) is -0.730. The normalized spacial score (nSPS) is 25.8. The van der Waals surface area contributed by atoms with Crippen molar-refractivity contribution in [3.05, 3.63) is 17.8 Å². The molecule has 0 bridgehead atoms. The molecule has 0 radical (unpaired) electrons. The summed E-state index contributed by atoms with van der Waals surface area (Å²) in [6.07, 6.45) is 3.64. The highest BCUT2D eigenvalue weighted by atomic mass is 32.2. The molecule has 152 valence electrons. The number of hydrogen-bond donors (Lipinski definition) is 1. The zero-order valence-corrected chi connectivity index (χ0v) is 17.0. The van der Waals surface area contributed by atoms with Crippen molar-refractivity contribution in [1.29, 1.82) is 0 Å². The summed E-state index contributed by atoms with van der Waals surface area (Å²) in [6, 6.07) is 0.987. The molecule has 2 fully saturated rings. The zero-order valence-electron chi connectivity index (χ0n) is 16.2. The van der Waals surface area contributed by atoms with Gasteiger partial charge in [-0.05, 0) is 37.8 Å². The number of hydrogen-bond acceptors (Lipinski definition) is 8. The second-order valence-electron chi connectivity index (χ2n) is 7.44. The van der Waals surface area contributed by atoms with E-state index < -0.39 is 26.9 Å². The minimum absolute atomic E-state index is 0.0417. The Morgan fingerprint density at radius 1 is 1.37 bits per heavy atom. The van der Waals surface area contributed by atoms with Crippen molar-refractivity contribution in [2.45, 2.75) is 48.2 Å². The van der Waals surface area contributed by atoms with E-state index in [-0.39, 0.29) is 10.8 Å². The highest BCUT2D eigenvalue weighted by Gasteiger charge is 2.52. The van der Waals surface area contributed by atoms with Crippen LogP contribution in [0, 0.1) is 6.92 Å². The summed E-state index contributed by atoms with van der Waals surface area (Å²) in [5, 5.41) is 0. The monoisotopic (exact) mass is 399 g/mol. The minimum Gasteiger partial charge on any atom is -0.480 e. The lowest BCUT2D eigenvalue weighted by Crippen LogP contribution is -2.45. The summed E-state index contributed by atoms with van der Waals surface area (Å²) in [5.41, 5.74) is 5.43. The Morgan fingerprint density at radius 2 is 2.07 bits per heavy atom. The van der Waals surface area contributed by atoms with Crippen molar-refractivity contribution in [3.8, 4) is 5.88 Å². The van der Waals surface area contributed by atoms with Crippen molar-refractivity contribution < 1.29 is 22.6 Å². The van der Waals surface area contributed by atoms with Crippen LogP contribution in [0.15, 0.2) is 17.2 Å². The molecule has 8 nitrogen and oxygen atoms in total. The zero-order chi connectivity index (χ0) is 19.7. The SMILES string of the molecule is COCCN1CCC2(CC1)CC(N)C(S(=O)(=O)c1cc(C)cnc1OC)O2. The molecule has 1 spiro atoms. The predicted octanol–water partition coefficient (Wildman–Crippen LogP) is 0.727. The minimum atomic E-state index is -3.82. The van der Waals surface area contributed by atoms with Gasteiger partial charge in [0.05, 0.1) is 19.3 Å². The van der Waals surface area contributed by atoms with E-state index in [9.17, 15) is 8.42 Å². The van der Waals surface area contributed by atoms with Crippen molar-refractivity contribution in [2.24, 2.45) is 5.73 Å². The van der Waals surface area contributed by atoms with Gasteiger partial charge >= 0.3 is 0 Å². The third-order valence-electron chi connectivity index (χ3n) is 5.46. The van der Waals surface area contributed by atoms with Gasteiger partial charge in [0.25, 0.3) is 0 Å². The second-order valence-corrected chi connectivity index (χ2v) is 9.43. The number of nitrogens with two attached hydrogens (primary N) is 1. The van der Waals surface area contributed by atoms with Crippen LogP contribution < -0.4 is 10.5 Å². The van der Waals surface area contributed by atoms with Gasteiger partial charge in [0, 0.05) is 39.0 Å². The molecule has 2 aliphatic heterocycles. The first-order valence-electron chi connectivity index (χ1n) is 9.20. The maximum atomic E-state index is 13.3. The fourth-order valence-corrected chi connectivity index (χ4v) is 5.81. The Bertz CT molecular complexity index is 762. The molecule has 2 aliphatic rings. The van der Waals surface area contributed by atoms with Crippen LogP contribution in [0.5, 0.6) is 5.88 Å².